The van der Waals surface area contributed by atoms with E-state index in [0.717, 1.165) is 4.47 Å². The molecular weight excluding hydrogens is 320 g/mol. The third-order valence-electron chi connectivity index (χ3n) is 2.23. The number of benzene rings is 1. The van der Waals surface area contributed by atoms with Crippen LogP contribution in [-0.4, -0.2) is 33.4 Å². The van der Waals surface area contributed by atoms with Gasteiger partial charge in [0.25, 0.3) is 0 Å². The molecule has 0 heterocycles. The van der Waals surface area contributed by atoms with Crippen LogP contribution >= 0.6 is 15.9 Å². The van der Waals surface area contributed by atoms with Crippen LogP contribution in [0, 0.1) is 5.92 Å². The van der Waals surface area contributed by atoms with Gasteiger partial charge >= 0.3 is 5.97 Å². The molecule has 0 spiro atoms. The predicted molar refractivity (Wildman–Crippen MR) is 74.3 cm³/mol. The third kappa shape index (κ3) is 5.64. The van der Waals surface area contributed by atoms with Crippen LogP contribution in [0.1, 0.15) is 6.92 Å². The second-order valence-electron chi connectivity index (χ2n) is 3.86. The van der Waals surface area contributed by atoms with Gasteiger partial charge in [-0.2, -0.15) is 0 Å². The summed E-state index contributed by atoms with van der Waals surface area (Å²) >= 11 is 3.33. The number of aliphatic carboxylic acids is 1. The van der Waals surface area contributed by atoms with Gasteiger partial charge in [-0.05, 0) is 18.2 Å². The zero-order valence-electron chi connectivity index (χ0n) is 9.97. The van der Waals surface area contributed by atoms with Crippen LogP contribution in [-0.2, 0) is 15.6 Å². The Morgan fingerprint density at radius 1 is 1.56 bits per heavy atom. The van der Waals surface area contributed by atoms with Crippen LogP contribution in [0.15, 0.2) is 28.7 Å². The maximum atomic E-state index is 11.6. The topological polar surface area (TPSA) is 63.6 Å². The smallest absolute Gasteiger partial charge is 0.307 e. The Bertz CT molecular complexity index is 436. The number of carbonyl (C=O) groups is 1. The van der Waals surface area contributed by atoms with Crippen LogP contribution in [0.25, 0.3) is 0 Å². The van der Waals surface area contributed by atoms with Gasteiger partial charge in [0.15, 0.2) is 0 Å². The van der Waals surface area contributed by atoms with E-state index in [1.54, 1.807) is 6.92 Å². The number of carboxylic acid groups (broad SMARTS) is 1. The zero-order chi connectivity index (χ0) is 13.5. The van der Waals surface area contributed by atoms with E-state index in [1.165, 1.54) is 0 Å². The summed E-state index contributed by atoms with van der Waals surface area (Å²) in [4.78, 5) is 10.6. The monoisotopic (exact) mass is 334 g/mol. The SMILES string of the molecule is CC(CS(=O)CCOc1cccc(Br)c1)C(=O)O. The van der Waals surface area contributed by atoms with E-state index in [2.05, 4.69) is 15.9 Å². The standard InChI is InChI=1S/C12H15BrO4S/c1-9(12(14)15)8-18(16)6-5-17-11-4-2-3-10(13)7-11/h2-4,7,9H,5-6,8H2,1H3,(H,14,15). The van der Waals surface area contributed by atoms with Crippen molar-refractivity contribution in [2.45, 2.75) is 6.92 Å². The van der Waals surface area contributed by atoms with E-state index in [1.807, 2.05) is 24.3 Å². The van der Waals surface area contributed by atoms with Gasteiger partial charge in [-0.15, -0.1) is 0 Å². The first kappa shape index (κ1) is 15.2. The van der Waals surface area contributed by atoms with Gasteiger partial charge in [-0.1, -0.05) is 28.9 Å². The van der Waals surface area contributed by atoms with Crippen molar-refractivity contribution in [2.24, 2.45) is 5.92 Å². The van der Waals surface area contributed by atoms with Crippen LogP contribution < -0.4 is 4.74 Å². The summed E-state index contributed by atoms with van der Waals surface area (Å²) in [7, 11) is -1.17. The van der Waals surface area contributed by atoms with Crippen LogP contribution in [0.3, 0.4) is 0 Å². The molecule has 0 bridgehead atoms. The normalized spacial score (nSPS) is 13.9. The molecule has 0 radical (unpaired) electrons. The minimum atomic E-state index is -1.17. The van der Waals surface area contributed by atoms with E-state index in [-0.39, 0.29) is 5.75 Å². The van der Waals surface area contributed by atoms with E-state index in [4.69, 9.17) is 9.84 Å². The molecule has 0 fully saturated rings. The largest absolute Gasteiger partial charge is 0.493 e. The maximum Gasteiger partial charge on any atom is 0.307 e. The Morgan fingerprint density at radius 3 is 2.89 bits per heavy atom. The number of halogens is 1. The highest BCUT2D eigenvalue weighted by molar-refractivity contribution is 9.10. The highest BCUT2D eigenvalue weighted by atomic mass is 79.9. The fourth-order valence-corrected chi connectivity index (χ4v) is 2.76. The molecule has 1 rings (SSSR count). The quantitative estimate of drug-likeness (QED) is 0.830. The van der Waals surface area contributed by atoms with Crippen molar-refractivity contribution < 1.29 is 18.8 Å². The number of carboxylic acids is 1. The minimum Gasteiger partial charge on any atom is -0.493 e. The first-order chi connectivity index (χ1) is 8.49. The van der Waals surface area contributed by atoms with Crippen molar-refractivity contribution in [1.82, 2.24) is 0 Å². The molecule has 0 aliphatic carbocycles. The van der Waals surface area contributed by atoms with Crippen molar-refractivity contribution in [3.63, 3.8) is 0 Å². The lowest BCUT2D eigenvalue weighted by Crippen LogP contribution is -2.20. The van der Waals surface area contributed by atoms with Gasteiger partial charge in [-0.3, -0.25) is 9.00 Å². The summed E-state index contributed by atoms with van der Waals surface area (Å²) in [5, 5.41) is 8.69. The van der Waals surface area contributed by atoms with Gasteiger partial charge in [-0.25, -0.2) is 0 Å². The Hall–Kier alpha value is -0.880. The Balaban J connectivity index is 2.29. The van der Waals surface area contributed by atoms with E-state index in [9.17, 15) is 9.00 Å². The molecular formula is C12H15BrO4S. The molecule has 18 heavy (non-hydrogen) atoms. The van der Waals surface area contributed by atoms with Crippen molar-refractivity contribution in [2.75, 3.05) is 18.1 Å². The van der Waals surface area contributed by atoms with Crippen LogP contribution in [0.5, 0.6) is 5.75 Å². The molecule has 2 unspecified atom stereocenters. The van der Waals surface area contributed by atoms with Crippen molar-refractivity contribution in [3.05, 3.63) is 28.7 Å². The molecule has 0 aromatic heterocycles. The Morgan fingerprint density at radius 2 is 2.28 bits per heavy atom. The summed E-state index contributed by atoms with van der Waals surface area (Å²) in [5.41, 5.74) is 0. The number of hydrogen-bond acceptors (Lipinski definition) is 3. The average molecular weight is 335 g/mol. The maximum absolute atomic E-state index is 11.6. The fraction of sp³-hybridized carbons (Fsp3) is 0.417. The van der Waals surface area contributed by atoms with Gasteiger partial charge in [0, 0.05) is 21.0 Å². The van der Waals surface area contributed by atoms with E-state index in [0.29, 0.717) is 18.1 Å². The number of rotatable bonds is 7. The molecule has 4 nitrogen and oxygen atoms in total. The lowest BCUT2D eigenvalue weighted by molar-refractivity contribution is -0.140. The Kier molecular flexibility index (Phi) is 6.35. The zero-order valence-corrected chi connectivity index (χ0v) is 12.4. The van der Waals surface area contributed by atoms with Crippen molar-refractivity contribution >= 4 is 32.7 Å². The Labute approximate surface area is 117 Å². The molecule has 0 saturated heterocycles. The van der Waals surface area contributed by atoms with Gasteiger partial charge in [0.05, 0.1) is 18.3 Å². The summed E-state index contributed by atoms with van der Waals surface area (Å²) < 4.78 is 17.9. The first-order valence-electron chi connectivity index (χ1n) is 5.45. The highest BCUT2D eigenvalue weighted by Crippen LogP contribution is 2.17. The molecule has 1 N–H and O–H groups in total. The first-order valence-corrected chi connectivity index (χ1v) is 7.73. The molecule has 1 aromatic carbocycles. The average Bonchev–Trinajstić information content (AvgIpc) is 2.28. The number of hydrogen-bond donors (Lipinski definition) is 1. The summed E-state index contributed by atoms with van der Waals surface area (Å²) in [6, 6.07) is 7.37. The predicted octanol–water partition coefficient (Wildman–Crippen LogP) is 2.30. The molecule has 100 valence electrons. The molecule has 1 aromatic rings. The second kappa shape index (κ2) is 7.53. The lowest BCUT2D eigenvalue weighted by atomic mass is 10.2. The summed E-state index contributed by atoms with van der Waals surface area (Å²) in [5.74, 6) is -0.304. The molecule has 0 amide bonds. The second-order valence-corrected chi connectivity index (χ2v) is 6.39. The molecule has 0 saturated carbocycles. The van der Waals surface area contributed by atoms with Crippen molar-refractivity contribution in [3.8, 4) is 5.75 Å². The molecule has 0 aliphatic heterocycles. The summed E-state index contributed by atoms with van der Waals surface area (Å²) in [6.45, 7) is 1.87. The van der Waals surface area contributed by atoms with Crippen molar-refractivity contribution in [1.29, 1.82) is 0 Å². The van der Waals surface area contributed by atoms with Gasteiger partial charge in [0.2, 0.25) is 0 Å². The van der Waals surface area contributed by atoms with E-state index >= 15 is 0 Å². The summed E-state index contributed by atoms with van der Waals surface area (Å²) in [6.07, 6.45) is 0. The minimum absolute atomic E-state index is 0.164. The molecule has 6 heteroatoms. The van der Waals surface area contributed by atoms with Gasteiger partial charge in [0.1, 0.15) is 5.75 Å². The molecule has 2 atom stereocenters. The third-order valence-corrected chi connectivity index (χ3v) is 4.22. The number of ether oxygens (including phenoxy) is 1. The van der Waals surface area contributed by atoms with Crippen LogP contribution in [0.4, 0.5) is 0 Å². The van der Waals surface area contributed by atoms with Gasteiger partial charge < -0.3 is 9.84 Å². The molecule has 0 aliphatic rings. The lowest BCUT2D eigenvalue weighted by Gasteiger charge is -2.08. The highest BCUT2D eigenvalue weighted by Gasteiger charge is 2.14. The van der Waals surface area contributed by atoms with Crippen LogP contribution in [0.2, 0.25) is 0 Å². The van der Waals surface area contributed by atoms with E-state index < -0.39 is 22.7 Å². The fourth-order valence-electron chi connectivity index (χ4n) is 1.24.